The first-order valence-corrected chi connectivity index (χ1v) is 65.7. The fourth-order valence-corrected chi connectivity index (χ4v) is 34.4. The molecule has 0 heterocycles. The van der Waals surface area contributed by atoms with Crippen molar-refractivity contribution in [2.75, 3.05) is 0 Å². The monoisotopic (exact) mass is 1940 g/mol. The van der Waals surface area contributed by atoms with Crippen molar-refractivity contribution in [3.05, 3.63) is 142 Å². The van der Waals surface area contributed by atoms with E-state index in [1.54, 1.807) is 44.5 Å². The Kier molecular flexibility index (Phi) is 51.3. The van der Waals surface area contributed by atoms with Crippen LogP contribution < -0.4 is 0 Å². The van der Waals surface area contributed by atoms with E-state index in [2.05, 4.69) is 208 Å². The lowest BCUT2D eigenvalue weighted by atomic mass is 9.65. The summed E-state index contributed by atoms with van der Waals surface area (Å²) in [6.45, 7) is 39.4. The normalized spacial score (nSPS) is 33.5. The molecule has 804 valence electrons. The number of benzene rings is 4. The van der Waals surface area contributed by atoms with Crippen molar-refractivity contribution in [2.45, 2.75) is 608 Å². The molecule has 4 aromatic rings. The van der Waals surface area contributed by atoms with Crippen LogP contribution in [0.3, 0.4) is 0 Å². The summed E-state index contributed by atoms with van der Waals surface area (Å²) in [5.41, 5.74) is 12.9. The van der Waals surface area contributed by atoms with Gasteiger partial charge in [0.15, 0.2) is 0 Å². The highest BCUT2D eigenvalue weighted by atomic mass is 14.5. The molecule has 0 aliphatic heterocycles. The zero-order valence-corrected chi connectivity index (χ0v) is 97.2. The van der Waals surface area contributed by atoms with Crippen LogP contribution in [-0.4, -0.2) is 0 Å². The molecular formula is C142H236. The molecule has 142 heavy (non-hydrogen) atoms. The number of hydrogen-bond donors (Lipinski definition) is 0. The molecule has 4 aromatic carbocycles. The molecule has 0 spiro atoms. The predicted molar refractivity (Wildman–Crippen MR) is 625 cm³/mol. The lowest BCUT2D eigenvalue weighted by Crippen LogP contribution is -2.29. The largest absolute Gasteiger partial charge is 0.0654 e. The minimum Gasteiger partial charge on any atom is -0.0654 e. The summed E-state index contributed by atoms with van der Waals surface area (Å²) in [5, 5.41) is 0. The van der Waals surface area contributed by atoms with E-state index >= 15 is 0 Å². The summed E-state index contributed by atoms with van der Waals surface area (Å²) in [6.07, 6.45) is 103. The fourth-order valence-electron chi connectivity index (χ4n) is 34.4. The van der Waals surface area contributed by atoms with Gasteiger partial charge in [0.05, 0.1) is 0 Å². The first-order chi connectivity index (χ1) is 69.3. The number of unbranched alkanes of at least 4 members (excludes halogenated alkanes) is 7. The molecule has 12 fully saturated rings. The van der Waals surface area contributed by atoms with Crippen LogP contribution in [-0.2, 0) is 0 Å². The second-order valence-corrected chi connectivity index (χ2v) is 54.4. The van der Waals surface area contributed by atoms with E-state index in [0.717, 1.165) is 189 Å². The summed E-state index contributed by atoms with van der Waals surface area (Å²) in [5.74, 6) is 30.0. The highest BCUT2D eigenvalue weighted by molar-refractivity contribution is 5.32. The van der Waals surface area contributed by atoms with Crippen LogP contribution in [0, 0.1) is 142 Å². The third-order valence-electron chi connectivity index (χ3n) is 46.1. The third kappa shape index (κ3) is 35.5. The minimum atomic E-state index is 0.730. The maximum Gasteiger partial charge on any atom is -0.0162 e. The number of rotatable bonds is 42. The van der Waals surface area contributed by atoms with Gasteiger partial charge in [0.2, 0.25) is 0 Å². The van der Waals surface area contributed by atoms with E-state index in [0.29, 0.717) is 0 Å². The Labute approximate surface area is 885 Å². The second-order valence-electron chi connectivity index (χ2n) is 54.4. The molecule has 0 saturated heterocycles. The quantitative estimate of drug-likeness (QED) is 0.0388. The van der Waals surface area contributed by atoms with Gasteiger partial charge in [-0.05, 0) is 491 Å². The van der Waals surface area contributed by atoms with Gasteiger partial charge in [-0.15, -0.1) is 0 Å². The Balaban J connectivity index is 0.000000159. The minimum absolute atomic E-state index is 0.730. The SMILES string of the molecule is CCCCC1CCC(C(C)C2CCC(C(C)c3ccc(C4CCC(CC)CC4)cc3)CC2)CC1.CCCCC1CCC(C(C)C2CCC(C(C)c3ccc(C4CCC(CCC)CC4)cc3)CC2)CC1.CCCCC1CCC(c2ccc(C(C)C3CCC(C(C)C4CCC(CCCC)CC4)CC3)cc2)CC1.CCCCCC1CCC(c2ccc(C(C)C3CCC(C(C)C4CCC(CCCC)CC4)CC3)cc2)CC1. The molecule has 0 radical (unpaired) electrons. The Morgan fingerprint density at radius 1 is 0.155 bits per heavy atom. The Hall–Kier alpha value is -3.12. The molecule has 0 nitrogen and oxygen atoms in total. The van der Waals surface area contributed by atoms with Crippen molar-refractivity contribution in [2.24, 2.45) is 142 Å². The molecule has 8 unspecified atom stereocenters. The molecule has 8 atom stereocenters. The second kappa shape index (κ2) is 62.8. The molecule has 0 amide bonds. The zero-order valence-electron chi connectivity index (χ0n) is 97.2. The summed E-state index contributed by atoms with van der Waals surface area (Å²) >= 11 is 0. The van der Waals surface area contributed by atoms with Crippen LogP contribution >= 0.6 is 0 Å². The lowest BCUT2D eigenvalue weighted by molar-refractivity contribution is 0.118. The molecule has 12 saturated carbocycles. The van der Waals surface area contributed by atoms with Crippen molar-refractivity contribution in [1.29, 1.82) is 0 Å². The molecule has 12 aliphatic carbocycles. The standard InChI is InChI=1S/C37H62.C36H60.C35H58.C34H56/c1-5-7-9-11-31-14-18-36(19-15-31)37-26-24-35(25-27-37)29(4)34-22-20-33(21-23-34)28(3)32-16-12-30(13-17-32)10-8-6-2;1-5-7-9-29-11-15-31(16-12-29)27(3)32-19-21-33(22-20-32)28(4)34-23-25-36(26-24-34)35-17-13-30(14-18-35)10-8-6-2;1-5-7-9-29-10-14-30(15-11-29)26(3)31-18-20-32(21-19-31)27(4)33-22-24-35(25-23-33)34-16-12-28(8-6-2)13-17-34;1-5-7-8-28-11-13-29(14-12-28)25(3)30-17-19-31(20-18-30)26(4)32-21-23-34(24-22-32)33-15-9-27(6-2)10-16-33/h24-34,36H,5-23H2,1-4H3;23-33,35H,5-22H2,1-4H3;22-32,34H,5-21H2,1-4H3;21-31,33H,5-20H2,1-4H3. The zero-order chi connectivity index (χ0) is 99.9. The summed E-state index contributed by atoms with van der Waals surface area (Å²) in [7, 11) is 0. The van der Waals surface area contributed by atoms with Gasteiger partial charge in [-0.3, -0.25) is 0 Å². The molecular weight excluding hydrogens is 1710 g/mol. The van der Waals surface area contributed by atoms with Crippen molar-refractivity contribution < 1.29 is 0 Å². The van der Waals surface area contributed by atoms with Crippen LogP contribution in [0.4, 0.5) is 0 Å². The molecule has 0 bridgehead atoms. The summed E-state index contributed by atoms with van der Waals surface area (Å²) in [6, 6.07) is 40.1. The molecule has 12 aliphatic rings. The van der Waals surface area contributed by atoms with Crippen LogP contribution in [0.2, 0.25) is 0 Å². The first-order valence-electron chi connectivity index (χ1n) is 65.7. The lowest BCUT2D eigenvalue weighted by Gasteiger charge is -2.40. The van der Waals surface area contributed by atoms with Gasteiger partial charge < -0.3 is 0 Å². The summed E-state index contributed by atoms with van der Waals surface area (Å²) < 4.78 is 0. The fraction of sp³-hybridized carbons (Fsp3) is 0.831. The van der Waals surface area contributed by atoms with E-state index in [4.69, 9.17) is 0 Å². The van der Waals surface area contributed by atoms with Crippen LogP contribution in [0.15, 0.2) is 97.1 Å². The predicted octanol–water partition coefficient (Wildman–Crippen LogP) is 46.0. The van der Waals surface area contributed by atoms with Crippen molar-refractivity contribution in [3.8, 4) is 0 Å². The first kappa shape index (κ1) is 116. The maximum absolute atomic E-state index is 2.63. The van der Waals surface area contributed by atoms with Crippen molar-refractivity contribution in [1.82, 2.24) is 0 Å². The van der Waals surface area contributed by atoms with Gasteiger partial charge >= 0.3 is 0 Å². The van der Waals surface area contributed by atoms with Gasteiger partial charge in [-0.25, -0.2) is 0 Å². The Morgan fingerprint density at radius 3 is 0.486 bits per heavy atom. The smallest absolute Gasteiger partial charge is 0.0162 e. The van der Waals surface area contributed by atoms with E-state index in [1.165, 1.54) is 449 Å². The number of hydrogen-bond acceptors (Lipinski definition) is 0. The summed E-state index contributed by atoms with van der Waals surface area (Å²) in [4.78, 5) is 0. The molecule has 16 rings (SSSR count). The van der Waals surface area contributed by atoms with Gasteiger partial charge in [-0.2, -0.15) is 0 Å². The Bertz CT molecular complexity index is 3810. The van der Waals surface area contributed by atoms with Gasteiger partial charge in [-0.1, -0.05) is 400 Å². The molecule has 0 heteroatoms. The van der Waals surface area contributed by atoms with E-state index in [9.17, 15) is 0 Å². The topological polar surface area (TPSA) is 0 Å². The third-order valence-corrected chi connectivity index (χ3v) is 46.1. The highest BCUT2D eigenvalue weighted by Gasteiger charge is 2.41. The van der Waals surface area contributed by atoms with Gasteiger partial charge in [0, 0.05) is 0 Å². The molecule has 0 N–H and O–H groups in total. The van der Waals surface area contributed by atoms with E-state index in [-0.39, 0.29) is 0 Å². The van der Waals surface area contributed by atoms with E-state index in [1.807, 2.05) is 0 Å². The van der Waals surface area contributed by atoms with Crippen molar-refractivity contribution >= 4 is 0 Å². The van der Waals surface area contributed by atoms with Crippen molar-refractivity contribution in [3.63, 3.8) is 0 Å². The van der Waals surface area contributed by atoms with Crippen LogP contribution in [0.25, 0.3) is 0 Å². The average molecular weight is 1940 g/mol. The Morgan fingerprint density at radius 2 is 0.310 bits per heavy atom. The van der Waals surface area contributed by atoms with Gasteiger partial charge in [0.25, 0.3) is 0 Å². The van der Waals surface area contributed by atoms with Crippen LogP contribution in [0.1, 0.15) is 652 Å². The highest BCUT2D eigenvalue weighted by Crippen LogP contribution is 2.54. The molecule has 0 aromatic heterocycles. The van der Waals surface area contributed by atoms with Crippen LogP contribution in [0.5, 0.6) is 0 Å². The maximum atomic E-state index is 2.63. The van der Waals surface area contributed by atoms with Gasteiger partial charge in [0.1, 0.15) is 0 Å². The van der Waals surface area contributed by atoms with E-state index < -0.39 is 0 Å². The average Bonchev–Trinajstić information content (AvgIpc) is 0.827.